The van der Waals surface area contributed by atoms with E-state index in [0.717, 1.165) is 26.1 Å². The van der Waals surface area contributed by atoms with Crippen LogP contribution < -0.4 is 4.90 Å². The molecule has 100 valence electrons. The normalized spacial score (nSPS) is 16.8. The molecule has 0 saturated heterocycles. The van der Waals surface area contributed by atoms with Crippen LogP contribution in [-0.4, -0.2) is 49.8 Å². The standard InChI is InChI=1S/C15H24N2O/c1-12-6-7-13-5-4-8-17(15(13)9-12)11-14(18)10-16(2)3/h6-7,9,14,18H,4-5,8,10-11H2,1-3H3. The molecule has 0 saturated carbocycles. The van der Waals surface area contributed by atoms with Gasteiger partial charge in [0.1, 0.15) is 0 Å². The van der Waals surface area contributed by atoms with Crippen molar-refractivity contribution in [3.63, 3.8) is 0 Å². The summed E-state index contributed by atoms with van der Waals surface area (Å²) < 4.78 is 0. The van der Waals surface area contributed by atoms with E-state index in [1.807, 2.05) is 19.0 Å². The molecular weight excluding hydrogens is 224 g/mol. The molecule has 2 rings (SSSR count). The molecule has 1 N–H and O–H groups in total. The average Bonchev–Trinajstić information content (AvgIpc) is 2.28. The highest BCUT2D eigenvalue weighted by molar-refractivity contribution is 5.57. The molecule has 1 aliphatic rings. The first-order valence-corrected chi connectivity index (χ1v) is 6.73. The van der Waals surface area contributed by atoms with E-state index in [2.05, 4.69) is 30.0 Å². The summed E-state index contributed by atoms with van der Waals surface area (Å²) in [7, 11) is 4.00. The monoisotopic (exact) mass is 248 g/mol. The molecule has 1 aromatic carbocycles. The van der Waals surface area contributed by atoms with Crippen molar-refractivity contribution < 1.29 is 5.11 Å². The van der Waals surface area contributed by atoms with E-state index in [1.165, 1.54) is 23.2 Å². The second-order valence-electron chi connectivity index (χ2n) is 5.60. The Morgan fingerprint density at radius 2 is 2.17 bits per heavy atom. The summed E-state index contributed by atoms with van der Waals surface area (Å²) in [6, 6.07) is 6.66. The lowest BCUT2D eigenvalue weighted by atomic mass is 9.99. The number of aryl methyl sites for hydroxylation is 2. The fourth-order valence-electron chi connectivity index (χ4n) is 2.68. The van der Waals surface area contributed by atoms with E-state index in [9.17, 15) is 5.11 Å². The van der Waals surface area contributed by atoms with Gasteiger partial charge in [0.2, 0.25) is 0 Å². The van der Waals surface area contributed by atoms with Crippen LogP contribution in [0.1, 0.15) is 17.5 Å². The molecule has 1 aromatic rings. The number of aliphatic hydroxyl groups excluding tert-OH is 1. The Balaban J connectivity index is 2.09. The van der Waals surface area contributed by atoms with Crippen LogP contribution in [0.4, 0.5) is 5.69 Å². The SMILES string of the molecule is Cc1ccc2c(c1)N(CC(O)CN(C)C)CCC2. The van der Waals surface area contributed by atoms with Crippen molar-refractivity contribution in [3.8, 4) is 0 Å². The Hall–Kier alpha value is -1.06. The van der Waals surface area contributed by atoms with E-state index >= 15 is 0 Å². The second kappa shape index (κ2) is 5.72. The van der Waals surface area contributed by atoms with Crippen molar-refractivity contribution in [3.05, 3.63) is 29.3 Å². The zero-order chi connectivity index (χ0) is 13.1. The number of β-amino-alcohol motifs (C(OH)–C–C–N with tert-alkyl or cyclic N) is 1. The lowest BCUT2D eigenvalue weighted by molar-refractivity contribution is 0.141. The fourth-order valence-corrected chi connectivity index (χ4v) is 2.68. The summed E-state index contributed by atoms with van der Waals surface area (Å²) in [6.07, 6.45) is 2.06. The van der Waals surface area contributed by atoms with Crippen LogP contribution in [-0.2, 0) is 6.42 Å². The minimum Gasteiger partial charge on any atom is -0.390 e. The Morgan fingerprint density at radius 3 is 2.89 bits per heavy atom. The highest BCUT2D eigenvalue weighted by atomic mass is 16.3. The van der Waals surface area contributed by atoms with Crippen LogP contribution in [0.2, 0.25) is 0 Å². The number of benzene rings is 1. The molecule has 3 heteroatoms. The molecule has 1 aliphatic heterocycles. The summed E-state index contributed by atoms with van der Waals surface area (Å²) >= 11 is 0. The lowest BCUT2D eigenvalue weighted by Gasteiger charge is -2.33. The quantitative estimate of drug-likeness (QED) is 0.878. The molecule has 0 amide bonds. The molecule has 0 fully saturated rings. The summed E-state index contributed by atoms with van der Waals surface area (Å²) in [5.41, 5.74) is 4.03. The summed E-state index contributed by atoms with van der Waals surface area (Å²) in [4.78, 5) is 4.37. The highest BCUT2D eigenvalue weighted by Gasteiger charge is 2.19. The lowest BCUT2D eigenvalue weighted by Crippen LogP contribution is -2.40. The number of aliphatic hydroxyl groups is 1. The van der Waals surface area contributed by atoms with Crippen molar-refractivity contribution >= 4 is 5.69 Å². The minimum atomic E-state index is -0.286. The maximum absolute atomic E-state index is 10.1. The molecule has 3 nitrogen and oxygen atoms in total. The number of rotatable bonds is 4. The van der Waals surface area contributed by atoms with Gasteiger partial charge in [0.05, 0.1) is 6.10 Å². The van der Waals surface area contributed by atoms with Gasteiger partial charge in [-0.15, -0.1) is 0 Å². The number of hydrogen-bond acceptors (Lipinski definition) is 3. The third kappa shape index (κ3) is 3.24. The molecular formula is C15H24N2O. The first kappa shape index (κ1) is 13.4. The molecule has 0 radical (unpaired) electrons. The van der Waals surface area contributed by atoms with Gasteiger partial charge in [0, 0.05) is 25.3 Å². The first-order valence-electron chi connectivity index (χ1n) is 6.73. The van der Waals surface area contributed by atoms with Crippen LogP contribution in [0, 0.1) is 6.92 Å². The van der Waals surface area contributed by atoms with Crippen LogP contribution in [0.15, 0.2) is 18.2 Å². The van der Waals surface area contributed by atoms with Crippen molar-refractivity contribution in [2.24, 2.45) is 0 Å². The predicted molar refractivity (Wildman–Crippen MR) is 76.3 cm³/mol. The van der Waals surface area contributed by atoms with Crippen molar-refractivity contribution in [2.75, 3.05) is 38.6 Å². The van der Waals surface area contributed by atoms with Crippen molar-refractivity contribution in [1.82, 2.24) is 4.90 Å². The third-order valence-electron chi connectivity index (χ3n) is 3.46. The second-order valence-corrected chi connectivity index (χ2v) is 5.60. The predicted octanol–water partition coefficient (Wildman–Crippen LogP) is 1.67. The zero-order valence-electron chi connectivity index (χ0n) is 11.7. The van der Waals surface area contributed by atoms with Gasteiger partial charge >= 0.3 is 0 Å². The number of likely N-dealkylation sites (N-methyl/N-ethyl adjacent to an activating group) is 1. The molecule has 0 aromatic heterocycles. The van der Waals surface area contributed by atoms with E-state index in [4.69, 9.17) is 0 Å². The Labute approximate surface area is 110 Å². The molecule has 0 aliphatic carbocycles. The van der Waals surface area contributed by atoms with Crippen LogP contribution >= 0.6 is 0 Å². The van der Waals surface area contributed by atoms with Gasteiger partial charge in [-0.2, -0.15) is 0 Å². The topological polar surface area (TPSA) is 26.7 Å². The van der Waals surface area contributed by atoms with Crippen LogP contribution in [0.25, 0.3) is 0 Å². The van der Waals surface area contributed by atoms with Gasteiger partial charge in [-0.1, -0.05) is 12.1 Å². The molecule has 1 unspecified atom stereocenters. The molecule has 0 spiro atoms. The third-order valence-corrected chi connectivity index (χ3v) is 3.46. The van der Waals surface area contributed by atoms with E-state index in [0.29, 0.717) is 0 Å². The van der Waals surface area contributed by atoms with Crippen LogP contribution in [0.3, 0.4) is 0 Å². The number of nitrogens with zero attached hydrogens (tertiary/aromatic N) is 2. The van der Waals surface area contributed by atoms with E-state index in [1.54, 1.807) is 0 Å². The Kier molecular flexibility index (Phi) is 4.25. The maximum atomic E-state index is 10.1. The molecule has 0 bridgehead atoms. The number of anilines is 1. The smallest absolute Gasteiger partial charge is 0.0841 e. The maximum Gasteiger partial charge on any atom is 0.0841 e. The van der Waals surface area contributed by atoms with Gasteiger partial charge < -0.3 is 14.9 Å². The summed E-state index contributed by atoms with van der Waals surface area (Å²) in [5, 5.41) is 10.1. The Morgan fingerprint density at radius 1 is 1.39 bits per heavy atom. The fraction of sp³-hybridized carbons (Fsp3) is 0.600. The van der Waals surface area contributed by atoms with Crippen molar-refractivity contribution in [1.29, 1.82) is 0 Å². The number of hydrogen-bond donors (Lipinski definition) is 1. The first-order chi connectivity index (χ1) is 8.56. The van der Waals surface area contributed by atoms with Crippen molar-refractivity contribution in [2.45, 2.75) is 25.9 Å². The van der Waals surface area contributed by atoms with Gasteiger partial charge in [-0.3, -0.25) is 0 Å². The van der Waals surface area contributed by atoms with Crippen LogP contribution in [0.5, 0.6) is 0 Å². The average molecular weight is 248 g/mol. The summed E-state index contributed by atoms with van der Waals surface area (Å²) in [6.45, 7) is 4.64. The zero-order valence-corrected chi connectivity index (χ0v) is 11.7. The van der Waals surface area contributed by atoms with E-state index < -0.39 is 0 Å². The highest BCUT2D eigenvalue weighted by Crippen LogP contribution is 2.28. The Bertz CT molecular complexity index is 403. The molecule has 1 atom stereocenters. The van der Waals surface area contributed by atoms with Gasteiger partial charge in [0.25, 0.3) is 0 Å². The molecule has 1 heterocycles. The number of fused-ring (bicyclic) bond motifs is 1. The van der Waals surface area contributed by atoms with Gasteiger partial charge in [0.15, 0.2) is 0 Å². The summed E-state index contributed by atoms with van der Waals surface area (Å²) in [5.74, 6) is 0. The molecule has 18 heavy (non-hydrogen) atoms. The minimum absolute atomic E-state index is 0.286. The largest absolute Gasteiger partial charge is 0.390 e. The van der Waals surface area contributed by atoms with E-state index in [-0.39, 0.29) is 6.10 Å². The van der Waals surface area contributed by atoms with Gasteiger partial charge in [-0.05, 0) is 51.1 Å². The van der Waals surface area contributed by atoms with Gasteiger partial charge in [-0.25, -0.2) is 0 Å².